The van der Waals surface area contributed by atoms with Crippen LogP contribution >= 0.6 is 0 Å². The van der Waals surface area contributed by atoms with Gasteiger partial charge in [-0.05, 0) is 42.7 Å². The fourth-order valence-electron chi connectivity index (χ4n) is 2.78. The maximum atomic E-state index is 14.5. The molecule has 0 radical (unpaired) electrons. The average Bonchev–Trinajstić information content (AvgIpc) is 2.51. The molecule has 0 saturated heterocycles. The first-order valence-corrected chi connectivity index (χ1v) is 7.19. The van der Waals surface area contributed by atoms with E-state index in [0.29, 0.717) is 0 Å². The molecule has 1 amide bonds. The molecular formula is C17H16F2N2O2. The Morgan fingerprint density at radius 3 is 2.61 bits per heavy atom. The summed E-state index contributed by atoms with van der Waals surface area (Å²) < 4.78 is 33.9. The van der Waals surface area contributed by atoms with Gasteiger partial charge in [0.2, 0.25) is 5.91 Å². The van der Waals surface area contributed by atoms with Crippen LogP contribution < -0.4 is 9.64 Å². The van der Waals surface area contributed by atoms with E-state index in [4.69, 9.17) is 4.74 Å². The van der Waals surface area contributed by atoms with E-state index in [-0.39, 0.29) is 35.9 Å². The first kappa shape index (κ1) is 15.4. The van der Waals surface area contributed by atoms with Gasteiger partial charge >= 0.3 is 0 Å². The molecule has 0 fully saturated rings. The van der Waals surface area contributed by atoms with Crippen molar-refractivity contribution in [2.24, 2.45) is 0 Å². The minimum Gasteiger partial charge on any atom is -0.494 e. The van der Waals surface area contributed by atoms with Gasteiger partial charge in [0.1, 0.15) is 5.69 Å². The normalized spacial score (nSPS) is 14.0. The first-order chi connectivity index (χ1) is 10.9. The predicted molar refractivity (Wildman–Crippen MR) is 81.5 cm³/mol. The Labute approximate surface area is 132 Å². The summed E-state index contributed by atoms with van der Waals surface area (Å²) >= 11 is 0. The second-order valence-corrected chi connectivity index (χ2v) is 5.62. The minimum absolute atomic E-state index is 0.0838. The zero-order chi connectivity index (χ0) is 16.7. The Hall–Kier alpha value is -2.50. The molecule has 0 spiro atoms. The zero-order valence-corrected chi connectivity index (χ0v) is 13.1. The number of hydrogen-bond donors (Lipinski definition) is 0. The summed E-state index contributed by atoms with van der Waals surface area (Å²) in [5.41, 5.74) is 2.30. The third kappa shape index (κ3) is 2.54. The average molecular weight is 318 g/mol. The van der Waals surface area contributed by atoms with Crippen LogP contribution in [0, 0.1) is 25.5 Å². The molecule has 2 aromatic rings. The van der Waals surface area contributed by atoms with Gasteiger partial charge in [0.25, 0.3) is 0 Å². The number of rotatable bonds is 2. The Kier molecular flexibility index (Phi) is 3.75. The lowest BCUT2D eigenvalue weighted by Gasteiger charge is -2.30. The molecule has 1 aliphatic rings. The van der Waals surface area contributed by atoms with Crippen LogP contribution in [-0.2, 0) is 17.8 Å². The van der Waals surface area contributed by atoms with Crippen LogP contribution in [0.5, 0.6) is 5.75 Å². The number of hydrogen-bond acceptors (Lipinski definition) is 3. The fraction of sp³-hybridized carbons (Fsp3) is 0.294. The molecular weight excluding hydrogens is 302 g/mol. The Balaban J connectivity index is 2.11. The third-order valence-electron chi connectivity index (χ3n) is 4.01. The molecule has 120 valence electrons. The van der Waals surface area contributed by atoms with Crippen molar-refractivity contribution in [3.05, 3.63) is 52.3 Å². The van der Waals surface area contributed by atoms with E-state index in [0.717, 1.165) is 21.7 Å². The maximum absolute atomic E-state index is 14.5. The number of carbonyl (C=O) groups excluding carboxylic acids is 1. The zero-order valence-electron chi connectivity index (χ0n) is 13.1. The van der Waals surface area contributed by atoms with E-state index < -0.39 is 11.6 Å². The van der Waals surface area contributed by atoms with Crippen molar-refractivity contribution in [3.63, 3.8) is 0 Å². The number of methoxy groups -OCH3 is 1. The van der Waals surface area contributed by atoms with E-state index >= 15 is 0 Å². The summed E-state index contributed by atoms with van der Waals surface area (Å²) in [6.45, 7) is 3.43. The molecule has 3 rings (SSSR count). The second-order valence-electron chi connectivity index (χ2n) is 5.62. The van der Waals surface area contributed by atoms with Crippen LogP contribution in [-0.4, -0.2) is 18.0 Å². The van der Waals surface area contributed by atoms with Crippen LogP contribution in [0.3, 0.4) is 0 Å². The molecule has 1 aromatic heterocycles. The molecule has 0 atom stereocenters. The number of anilines is 1. The van der Waals surface area contributed by atoms with Crippen molar-refractivity contribution in [2.75, 3.05) is 12.0 Å². The van der Waals surface area contributed by atoms with Gasteiger partial charge in [0.05, 0.1) is 20.1 Å². The van der Waals surface area contributed by atoms with Gasteiger partial charge in [-0.3, -0.25) is 9.78 Å². The van der Waals surface area contributed by atoms with Crippen molar-refractivity contribution < 1.29 is 18.3 Å². The highest BCUT2D eigenvalue weighted by molar-refractivity contribution is 5.97. The molecule has 6 heteroatoms. The highest BCUT2D eigenvalue weighted by atomic mass is 19.1. The van der Waals surface area contributed by atoms with Gasteiger partial charge in [-0.2, -0.15) is 0 Å². The number of nitrogens with zero attached hydrogens (tertiary/aromatic N) is 2. The highest BCUT2D eigenvalue weighted by Gasteiger charge is 2.31. The summed E-state index contributed by atoms with van der Waals surface area (Å²) in [6, 6.07) is 3.11. The smallest absolute Gasteiger partial charge is 0.231 e. The predicted octanol–water partition coefficient (Wildman–Crippen LogP) is 3.07. The number of aromatic nitrogens is 1. The summed E-state index contributed by atoms with van der Waals surface area (Å²) in [5.74, 6) is -2.05. The van der Waals surface area contributed by atoms with Gasteiger partial charge in [-0.1, -0.05) is 0 Å². The van der Waals surface area contributed by atoms with Crippen molar-refractivity contribution in [1.29, 1.82) is 0 Å². The molecule has 23 heavy (non-hydrogen) atoms. The quantitative estimate of drug-likeness (QED) is 0.854. The number of fused-ring (bicyclic) bond motifs is 1. The number of benzene rings is 1. The van der Waals surface area contributed by atoms with Crippen LogP contribution in [0.2, 0.25) is 0 Å². The van der Waals surface area contributed by atoms with Crippen molar-refractivity contribution in [2.45, 2.75) is 26.8 Å². The largest absolute Gasteiger partial charge is 0.494 e. The third-order valence-corrected chi connectivity index (χ3v) is 4.01. The fourth-order valence-corrected chi connectivity index (χ4v) is 2.78. The van der Waals surface area contributed by atoms with Crippen LogP contribution in [0.25, 0.3) is 0 Å². The molecule has 1 aromatic carbocycles. The molecule has 0 saturated carbocycles. The molecule has 0 bridgehead atoms. The van der Waals surface area contributed by atoms with Crippen LogP contribution in [0.15, 0.2) is 18.3 Å². The van der Waals surface area contributed by atoms with Gasteiger partial charge in [0, 0.05) is 11.9 Å². The summed E-state index contributed by atoms with van der Waals surface area (Å²) in [4.78, 5) is 17.7. The number of ether oxygens (including phenoxy) is 1. The topological polar surface area (TPSA) is 42.4 Å². The second kappa shape index (κ2) is 5.61. The van der Waals surface area contributed by atoms with Crippen LogP contribution in [0.4, 0.5) is 14.5 Å². The van der Waals surface area contributed by atoms with Crippen LogP contribution in [0.1, 0.15) is 22.4 Å². The minimum atomic E-state index is -0.868. The standard InChI is InChI=1S/C17H16F2N2O2/c1-9-4-13(23-3)16(19)17(15(9)18)21-8-12-7-20-10(2)5-11(12)6-14(21)22/h4-5,7H,6,8H2,1-3H3. The van der Waals surface area contributed by atoms with Gasteiger partial charge < -0.3 is 9.64 Å². The lowest BCUT2D eigenvalue weighted by atomic mass is 9.99. The monoisotopic (exact) mass is 318 g/mol. The molecule has 0 unspecified atom stereocenters. The van der Waals surface area contributed by atoms with Crippen molar-refractivity contribution in [1.82, 2.24) is 4.98 Å². The summed E-state index contributed by atoms with van der Waals surface area (Å²) in [7, 11) is 1.31. The Bertz CT molecular complexity index is 806. The number of aryl methyl sites for hydroxylation is 2. The molecule has 2 heterocycles. The van der Waals surface area contributed by atoms with E-state index in [1.807, 2.05) is 13.0 Å². The van der Waals surface area contributed by atoms with E-state index in [2.05, 4.69) is 4.98 Å². The summed E-state index contributed by atoms with van der Waals surface area (Å²) in [5, 5.41) is 0. The molecule has 0 N–H and O–H groups in total. The van der Waals surface area contributed by atoms with Gasteiger partial charge in [-0.15, -0.1) is 0 Å². The number of pyridine rings is 1. The highest BCUT2D eigenvalue weighted by Crippen LogP contribution is 2.35. The van der Waals surface area contributed by atoms with E-state index in [1.54, 1.807) is 6.20 Å². The van der Waals surface area contributed by atoms with Gasteiger partial charge in [-0.25, -0.2) is 8.78 Å². The van der Waals surface area contributed by atoms with Crippen molar-refractivity contribution in [3.8, 4) is 5.75 Å². The maximum Gasteiger partial charge on any atom is 0.231 e. The first-order valence-electron chi connectivity index (χ1n) is 7.19. The molecule has 0 aliphatic carbocycles. The van der Waals surface area contributed by atoms with E-state index in [1.165, 1.54) is 20.1 Å². The Morgan fingerprint density at radius 2 is 1.91 bits per heavy atom. The molecule has 4 nitrogen and oxygen atoms in total. The van der Waals surface area contributed by atoms with Crippen molar-refractivity contribution >= 4 is 11.6 Å². The number of amides is 1. The number of carbonyl (C=O) groups is 1. The summed E-state index contributed by atoms with van der Waals surface area (Å²) in [6.07, 6.45) is 1.74. The SMILES string of the molecule is COc1cc(C)c(F)c(N2Cc3cnc(C)cc3CC2=O)c1F. The van der Waals surface area contributed by atoms with E-state index in [9.17, 15) is 13.6 Å². The van der Waals surface area contributed by atoms with Gasteiger partial charge in [0.15, 0.2) is 17.4 Å². The lowest BCUT2D eigenvalue weighted by molar-refractivity contribution is -0.118. The lowest BCUT2D eigenvalue weighted by Crippen LogP contribution is -2.37. The Morgan fingerprint density at radius 1 is 1.17 bits per heavy atom. The number of halogens is 2. The molecule has 1 aliphatic heterocycles.